The summed E-state index contributed by atoms with van der Waals surface area (Å²) >= 11 is 0. The summed E-state index contributed by atoms with van der Waals surface area (Å²) < 4.78 is 5.44. The van der Waals surface area contributed by atoms with Crippen LogP contribution in [0.4, 0.5) is 11.5 Å². The SMILES string of the molecule is Cc1cnc(N2CCN(C(=O)c3ccc(N4C(C)CCC4C=O)cc3C(=O)N3CCOCC3)CC2)c(C)c1. The minimum atomic E-state index is -0.218. The third-order valence-electron chi connectivity index (χ3n) is 7.98. The van der Waals surface area contributed by atoms with Crippen molar-refractivity contribution >= 4 is 29.6 Å². The Morgan fingerprint density at radius 2 is 1.61 bits per heavy atom. The van der Waals surface area contributed by atoms with Gasteiger partial charge in [0.25, 0.3) is 11.8 Å². The molecule has 3 aliphatic rings. The van der Waals surface area contributed by atoms with Gasteiger partial charge in [0.2, 0.25) is 0 Å². The molecular weight excluding hydrogens is 482 g/mol. The van der Waals surface area contributed by atoms with Crippen LogP contribution >= 0.6 is 0 Å². The van der Waals surface area contributed by atoms with Crippen LogP contribution in [0.25, 0.3) is 0 Å². The van der Waals surface area contributed by atoms with Gasteiger partial charge in [-0.15, -0.1) is 0 Å². The lowest BCUT2D eigenvalue weighted by Crippen LogP contribution is -2.49. The standard InChI is InChI=1S/C29H37N5O4/c1-20-16-21(2)27(30-18-20)31-8-10-32(11-9-31)28(36)25-7-6-23(34-22(3)4-5-24(34)19-35)17-26(25)29(37)33-12-14-38-15-13-33/h6-7,16-19,22,24H,4-5,8-15H2,1-3H3. The van der Waals surface area contributed by atoms with Crippen LogP contribution in [0.2, 0.25) is 0 Å². The van der Waals surface area contributed by atoms with E-state index in [1.165, 1.54) is 0 Å². The van der Waals surface area contributed by atoms with E-state index in [1.54, 1.807) is 11.0 Å². The van der Waals surface area contributed by atoms with Crippen molar-refractivity contribution in [2.24, 2.45) is 0 Å². The van der Waals surface area contributed by atoms with Gasteiger partial charge in [0.1, 0.15) is 12.1 Å². The number of pyridine rings is 1. The number of hydrogen-bond donors (Lipinski definition) is 0. The van der Waals surface area contributed by atoms with E-state index in [0.29, 0.717) is 63.6 Å². The molecule has 2 unspecified atom stereocenters. The number of carbonyl (C=O) groups excluding carboxylic acids is 3. The summed E-state index contributed by atoms with van der Waals surface area (Å²) in [5, 5.41) is 0. The number of aldehydes is 1. The molecule has 3 aliphatic heterocycles. The second kappa shape index (κ2) is 11.1. The number of ether oxygens (including phenoxy) is 1. The Bertz CT molecular complexity index is 1200. The highest BCUT2D eigenvalue weighted by atomic mass is 16.5. The van der Waals surface area contributed by atoms with Gasteiger partial charge in [-0.25, -0.2) is 4.98 Å². The van der Waals surface area contributed by atoms with E-state index in [4.69, 9.17) is 4.74 Å². The Balaban J connectivity index is 1.40. The molecule has 0 radical (unpaired) electrons. The Labute approximate surface area is 224 Å². The number of carbonyl (C=O) groups is 3. The topological polar surface area (TPSA) is 86.3 Å². The zero-order chi connectivity index (χ0) is 26.8. The average molecular weight is 520 g/mol. The second-order valence-corrected chi connectivity index (χ2v) is 10.6. The fourth-order valence-electron chi connectivity index (χ4n) is 5.92. The molecule has 1 aromatic heterocycles. The van der Waals surface area contributed by atoms with Gasteiger partial charge >= 0.3 is 0 Å². The molecule has 3 saturated heterocycles. The van der Waals surface area contributed by atoms with Crippen LogP contribution in [-0.4, -0.2) is 97.5 Å². The average Bonchev–Trinajstić information content (AvgIpc) is 3.33. The van der Waals surface area contributed by atoms with Crippen LogP contribution < -0.4 is 9.80 Å². The van der Waals surface area contributed by atoms with Crippen LogP contribution in [-0.2, 0) is 9.53 Å². The Hall–Kier alpha value is -3.46. The number of morpholine rings is 1. The fraction of sp³-hybridized carbons (Fsp3) is 0.517. The smallest absolute Gasteiger partial charge is 0.254 e. The number of nitrogens with zero attached hydrogens (tertiary/aromatic N) is 5. The number of amides is 2. The normalized spacial score (nSPS) is 22.1. The highest BCUT2D eigenvalue weighted by Gasteiger charge is 2.33. The summed E-state index contributed by atoms with van der Waals surface area (Å²) in [6, 6.07) is 7.57. The molecule has 202 valence electrons. The maximum atomic E-state index is 13.8. The van der Waals surface area contributed by atoms with Crippen molar-refractivity contribution in [1.29, 1.82) is 0 Å². The highest BCUT2D eigenvalue weighted by Crippen LogP contribution is 2.32. The molecule has 2 amide bonds. The summed E-state index contributed by atoms with van der Waals surface area (Å²) in [5.41, 5.74) is 3.88. The van der Waals surface area contributed by atoms with Crippen molar-refractivity contribution in [3.05, 3.63) is 52.7 Å². The van der Waals surface area contributed by atoms with Crippen molar-refractivity contribution in [2.45, 2.75) is 45.7 Å². The Kier molecular flexibility index (Phi) is 7.65. The summed E-state index contributed by atoms with van der Waals surface area (Å²) in [4.78, 5) is 51.8. The quantitative estimate of drug-likeness (QED) is 0.562. The van der Waals surface area contributed by atoms with E-state index >= 15 is 0 Å². The number of anilines is 2. The lowest BCUT2D eigenvalue weighted by molar-refractivity contribution is -0.108. The predicted octanol–water partition coefficient (Wildman–Crippen LogP) is 2.69. The van der Waals surface area contributed by atoms with Crippen LogP contribution in [0, 0.1) is 13.8 Å². The minimum Gasteiger partial charge on any atom is -0.378 e. The van der Waals surface area contributed by atoms with Crippen LogP contribution in [0.3, 0.4) is 0 Å². The molecule has 0 N–H and O–H groups in total. The van der Waals surface area contributed by atoms with E-state index < -0.39 is 0 Å². The summed E-state index contributed by atoms with van der Waals surface area (Å²) in [7, 11) is 0. The van der Waals surface area contributed by atoms with Gasteiger partial charge in [0.15, 0.2) is 0 Å². The van der Waals surface area contributed by atoms with E-state index in [2.05, 4.69) is 34.7 Å². The summed E-state index contributed by atoms with van der Waals surface area (Å²) in [5.74, 6) is 0.661. The van der Waals surface area contributed by atoms with Crippen molar-refractivity contribution in [1.82, 2.24) is 14.8 Å². The van der Waals surface area contributed by atoms with Crippen LogP contribution in [0.5, 0.6) is 0 Å². The zero-order valence-corrected chi connectivity index (χ0v) is 22.6. The maximum Gasteiger partial charge on any atom is 0.254 e. The molecule has 2 atom stereocenters. The van der Waals surface area contributed by atoms with Crippen LogP contribution in [0.15, 0.2) is 30.5 Å². The first-order valence-electron chi connectivity index (χ1n) is 13.6. The Morgan fingerprint density at radius 3 is 2.29 bits per heavy atom. The number of rotatable bonds is 5. The first-order chi connectivity index (χ1) is 18.4. The predicted molar refractivity (Wildman–Crippen MR) is 146 cm³/mol. The van der Waals surface area contributed by atoms with Crippen LogP contribution in [0.1, 0.15) is 51.6 Å². The van der Waals surface area contributed by atoms with E-state index in [-0.39, 0.29) is 23.9 Å². The van der Waals surface area contributed by atoms with Crippen molar-refractivity contribution in [3.63, 3.8) is 0 Å². The fourth-order valence-corrected chi connectivity index (χ4v) is 5.92. The van der Waals surface area contributed by atoms with E-state index in [0.717, 1.165) is 41.8 Å². The molecule has 0 aliphatic carbocycles. The summed E-state index contributed by atoms with van der Waals surface area (Å²) in [6.07, 6.45) is 4.56. The van der Waals surface area contributed by atoms with Gasteiger partial charge in [-0.3, -0.25) is 9.59 Å². The molecule has 0 spiro atoms. The van der Waals surface area contributed by atoms with E-state index in [1.807, 2.05) is 30.2 Å². The van der Waals surface area contributed by atoms with Crippen molar-refractivity contribution in [3.8, 4) is 0 Å². The first kappa shape index (κ1) is 26.2. The number of piperazine rings is 1. The monoisotopic (exact) mass is 519 g/mol. The number of aryl methyl sites for hydroxylation is 2. The molecule has 0 saturated carbocycles. The van der Waals surface area contributed by atoms with Gasteiger partial charge in [0, 0.05) is 57.2 Å². The lowest BCUT2D eigenvalue weighted by atomic mass is 10.0. The second-order valence-electron chi connectivity index (χ2n) is 10.6. The Morgan fingerprint density at radius 1 is 0.921 bits per heavy atom. The molecule has 2 aromatic rings. The van der Waals surface area contributed by atoms with Gasteiger partial charge in [0.05, 0.1) is 30.4 Å². The molecule has 5 rings (SSSR count). The molecule has 1 aromatic carbocycles. The highest BCUT2D eigenvalue weighted by molar-refractivity contribution is 6.08. The van der Waals surface area contributed by atoms with Crippen molar-refractivity contribution < 1.29 is 19.1 Å². The number of hydrogen-bond acceptors (Lipinski definition) is 7. The molecule has 4 heterocycles. The minimum absolute atomic E-state index is 0.136. The third-order valence-corrected chi connectivity index (χ3v) is 7.98. The zero-order valence-electron chi connectivity index (χ0n) is 22.6. The molecule has 9 nitrogen and oxygen atoms in total. The maximum absolute atomic E-state index is 13.8. The van der Waals surface area contributed by atoms with Gasteiger partial charge < -0.3 is 29.1 Å². The molecule has 0 bridgehead atoms. The van der Waals surface area contributed by atoms with Gasteiger partial charge in [-0.2, -0.15) is 0 Å². The summed E-state index contributed by atoms with van der Waals surface area (Å²) in [6.45, 7) is 10.6. The molecular formula is C29H37N5O4. The van der Waals surface area contributed by atoms with Gasteiger partial charge in [-0.05, 0) is 62.9 Å². The third kappa shape index (κ3) is 5.12. The van der Waals surface area contributed by atoms with Gasteiger partial charge in [-0.1, -0.05) is 6.07 Å². The molecule has 38 heavy (non-hydrogen) atoms. The first-order valence-corrected chi connectivity index (χ1v) is 13.6. The van der Waals surface area contributed by atoms with E-state index in [9.17, 15) is 14.4 Å². The number of aromatic nitrogens is 1. The number of benzene rings is 1. The lowest BCUT2D eigenvalue weighted by Gasteiger charge is -2.36. The molecule has 9 heteroatoms. The molecule has 3 fully saturated rings. The largest absolute Gasteiger partial charge is 0.378 e. The van der Waals surface area contributed by atoms with Crippen molar-refractivity contribution in [2.75, 3.05) is 62.3 Å².